The molecule has 1 fully saturated rings. The van der Waals surface area contributed by atoms with Crippen molar-refractivity contribution >= 4 is 16.8 Å². The molecule has 1 saturated heterocycles. The third-order valence-electron chi connectivity index (χ3n) is 4.52. The van der Waals surface area contributed by atoms with Crippen LogP contribution in [0.4, 0.5) is 0 Å². The normalized spacial score (nSPS) is 18.3. The minimum absolute atomic E-state index is 0.0696. The topological polar surface area (TPSA) is 81.2 Å². The second-order valence-corrected chi connectivity index (χ2v) is 5.98. The molecule has 3 rings (SSSR count). The number of piperidine rings is 1. The average molecular weight is 314 g/mol. The zero-order valence-corrected chi connectivity index (χ0v) is 13.1. The first-order valence-corrected chi connectivity index (χ1v) is 8.14. The molecular formula is C17H22N4O2. The molecule has 1 aliphatic rings. The van der Waals surface area contributed by atoms with E-state index in [2.05, 4.69) is 4.98 Å². The van der Waals surface area contributed by atoms with E-state index in [0.717, 1.165) is 25.8 Å². The first-order valence-electron chi connectivity index (χ1n) is 8.14. The highest BCUT2D eigenvalue weighted by Crippen LogP contribution is 2.17. The third-order valence-corrected chi connectivity index (χ3v) is 4.52. The number of likely N-dealkylation sites (tertiary alicyclic amines) is 1. The Morgan fingerprint density at radius 3 is 2.96 bits per heavy atom. The second-order valence-electron chi connectivity index (χ2n) is 5.98. The van der Waals surface area contributed by atoms with Crippen LogP contribution in [-0.2, 0) is 11.3 Å². The van der Waals surface area contributed by atoms with Gasteiger partial charge in [-0.25, -0.2) is 4.98 Å². The summed E-state index contributed by atoms with van der Waals surface area (Å²) in [4.78, 5) is 31.0. The molecule has 23 heavy (non-hydrogen) atoms. The largest absolute Gasteiger partial charge is 0.338 e. The van der Waals surface area contributed by atoms with Gasteiger partial charge in [0, 0.05) is 32.1 Å². The Labute approximate surface area is 134 Å². The number of nitrogens with zero attached hydrogens (tertiary/aromatic N) is 3. The minimum Gasteiger partial charge on any atom is -0.338 e. The first-order chi connectivity index (χ1) is 11.2. The van der Waals surface area contributed by atoms with Crippen molar-refractivity contribution in [3.05, 3.63) is 40.9 Å². The molecule has 1 aromatic heterocycles. The van der Waals surface area contributed by atoms with Gasteiger partial charge in [0.25, 0.3) is 5.56 Å². The van der Waals surface area contributed by atoms with E-state index in [1.165, 1.54) is 10.9 Å². The van der Waals surface area contributed by atoms with Crippen LogP contribution in [-0.4, -0.2) is 39.5 Å². The van der Waals surface area contributed by atoms with Gasteiger partial charge in [-0.2, -0.15) is 0 Å². The number of aromatic nitrogens is 2. The highest BCUT2D eigenvalue weighted by molar-refractivity contribution is 5.78. The molecular weight excluding hydrogens is 292 g/mol. The molecule has 0 aliphatic carbocycles. The van der Waals surface area contributed by atoms with Crippen molar-refractivity contribution in [1.82, 2.24) is 14.5 Å². The number of fused-ring (bicyclic) bond motifs is 1. The highest BCUT2D eigenvalue weighted by Gasteiger charge is 2.25. The quantitative estimate of drug-likeness (QED) is 0.917. The number of amides is 1. The van der Waals surface area contributed by atoms with E-state index in [1.807, 2.05) is 23.1 Å². The Morgan fingerprint density at radius 1 is 1.30 bits per heavy atom. The van der Waals surface area contributed by atoms with E-state index >= 15 is 0 Å². The summed E-state index contributed by atoms with van der Waals surface area (Å²) < 4.78 is 1.52. The molecule has 1 aromatic carbocycles. The summed E-state index contributed by atoms with van der Waals surface area (Å²) >= 11 is 0. The average Bonchev–Trinajstić information content (AvgIpc) is 2.61. The van der Waals surface area contributed by atoms with Crippen LogP contribution in [0.2, 0.25) is 0 Å². The molecule has 2 N–H and O–H groups in total. The zero-order valence-electron chi connectivity index (χ0n) is 13.1. The van der Waals surface area contributed by atoms with E-state index in [4.69, 9.17) is 5.73 Å². The number of aryl methyl sites for hydroxylation is 1. The summed E-state index contributed by atoms with van der Waals surface area (Å²) in [6.45, 7) is 1.62. The van der Waals surface area contributed by atoms with Crippen LogP contribution < -0.4 is 11.3 Å². The lowest BCUT2D eigenvalue weighted by molar-refractivity contribution is -0.134. The van der Waals surface area contributed by atoms with Gasteiger partial charge in [0.1, 0.15) is 0 Å². The molecule has 0 unspecified atom stereocenters. The molecule has 2 heterocycles. The summed E-state index contributed by atoms with van der Waals surface area (Å²) in [6.07, 6.45) is 4.95. The van der Waals surface area contributed by atoms with Crippen molar-refractivity contribution in [3.63, 3.8) is 0 Å². The van der Waals surface area contributed by atoms with Crippen molar-refractivity contribution in [1.29, 1.82) is 0 Å². The second kappa shape index (κ2) is 6.91. The molecule has 1 atom stereocenters. The van der Waals surface area contributed by atoms with Crippen LogP contribution in [0.1, 0.15) is 25.7 Å². The predicted octanol–water partition coefficient (Wildman–Crippen LogP) is 1.13. The van der Waals surface area contributed by atoms with Crippen molar-refractivity contribution < 1.29 is 4.79 Å². The molecule has 1 amide bonds. The van der Waals surface area contributed by atoms with Gasteiger partial charge in [0.05, 0.1) is 17.2 Å². The minimum atomic E-state index is -0.0996. The summed E-state index contributed by atoms with van der Waals surface area (Å²) in [5.74, 6) is 0.0696. The Balaban J connectivity index is 1.72. The maximum Gasteiger partial charge on any atom is 0.261 e. The Kier molecular flexibility index (Phi) is 4.71. The van der Waals surface area contributed by atoms with Crippen LogP contribution in [0.15, 0.2) is 35.4 Å². The molecule has 1 aliphatic heterocycles. The van der Waals surface area contributed by atoms with Gasteiger partial charge >= 0.3 is 0 Å². The Hall–Kier alpha value is -2.21. The van der Waals surface area contributed by atoms with E-state index in [-0.39, 0.29) is 17.5 Å². The number of hydrogen-bond donors (Lipinski definition) is 1. The molecule has 0 radical (unpaired) electrons. The standard InChI is InChI=1S/C17H22N4O2/c18-11-13-5-3-4-9-21(13)16(22)8-10-20-12-19-15-7-2-1-6-14(15)17(20)23/h1-2,6-7,12-13H,3-5,8-11,18H2/t13-/m0/s1. The fourth-order valence-corrected chi connectivity index (χ4v) is 3.20. The number of rotatable bonds is 4. The number of carbonyl (C=O) groups is 1. The summed E-state index contributed by atoms with van der Waals surface area (Å²) in [5.41, 5.74) is 6.35. The van der Waals surface area contributed by atoms with Crippen molar-refractivity contribution in [3.8, 4) is 0 Å². The van der Waals surface area contributed by atoms with Gasteiger partial charge in [0.2, 0.25) is 5.91 Å². The number of para-hydroxylation sites is 1. The zero-order chi connectivity index (χ0) is 16.2. The van der Waals surface area contributed by atoms with Gasteiger partial charge in [0.15, 0.2) is 0 Å². The first kappa shape index (κ1) is 15.7. The van der Waals surface area contributed by atoms with Gasteiger partial charge < -0.3 is 10.6 Å². The van der Waals surface area contributed by atoms with Crippen LogP contribution in [0.3, 0.4) is 0 Å². The molecule has 6 nitrogen and oxygen atoms in total. The molecule has 6 heteroatoms. The lowest BCUT2D eigenvalue weighted by atomic mass is 10.0. The maximum atomic E-state index is 12.5. The molecule has 0 bridgehead atoms. The van der Waals surface area contributed by atoms with E-state index in [1.54, 1.807) is 6.07 Å². The molecule has 0 spiro atoms. The monoisotopic (exact) mass is 314 g/mol. The van der Waals surface area contributed by atoms with Crippen LogP contribution in [0.25, 0.3) is 10.9 Å². The number of benzene rings is 1. The van der Waals surface area contributed by atoms with Crippen molar-refractivity contribution in [2.75, 3.05) is 13.1 Å². The smallest absolute Gasteiger partial charge is 0.261 e. The summed E-state index contributed by atoms with van der Waals surface area (Å²) in [5, 5.41) is 0.584. The number of carbonyl (C=O) groups excluding carboxylic acids is 1. The van der Waals surface area contributed by atoms with E-state index in [9.17, 15) is 9.59 Å². The molecule has 2 aromatic rings. The molecule has 122 valence electrons. The maximum absolute atomic E-state index is 12.5. The van der Waals surface area contributed by atoms with Gasteiger partial charge in [-0.05, 0) is 31.4 Å². The van der Waals surface area contributed by atoms with Gasteiger partial charge in [-0.3, -0.25) is 14.2 Å². The SMILES string of the molecule is NC[C@@H]1CCCCN1C(=O)CCn1cnc2ccccc2c1=O. The van der Waals surface area contributed by atoms with E-state index in [0.29, 0.717) is 30.4 Å². The fraction of sp³-hybridized carbons (Fsp3) is 0.471. The number of hydrogen-bond acceptors (Lipinski definition) is 4. The van der Waals surface area contributed by atoms with Crippen LogP contribution >= 0.6 is 0 Å². The fourth-order valence-electron chi connectivity index (χ4n) is 3.20. The Bertz CT molecular complexity index is 756. The summed E-state index contributed by atoms with van der Waals surface area (Å²) in [6, 6.07) is 7.39. The molecule has 0 saturated carbocycles. The lowest BCUT2D eigenvalue weighted by Crippen LogP contribution is -2.47. The highest BCUT2D eigenvalue weighted by atomic mass is 16.2. The summed E-state index contributed by atoms with van der Waals surface area (Å²) in [7, 11) is 0. The Morgan fingerprint density at radius 2 is 2.13 bits per heavy atom. The van der Waals surface area contributed by atoms with Crippen LogP contribution in [0, 0.1) is 0 Å². The van der Waals surface area contributed by atoms with Gasteiger partial charge in [-0.15, -0.1) is 0 Å². The number of nitrogens with two attached hydrogens (primary N) is 1. The van der Waals surface area contributed by atoms with Crippen molar-refractivity contribution in [2.24, 2.45) is 5.73 Å². The van der Waals surface area contributed by atoms with Gasteiger partial charge in [-0.1, -0.05) is 12.1 Å². The van der Waals surface area contributed by atoms with Crippen molar-refractivity contribution in [2.45, 2.75) is 38.3 Å². The van der Waals surface area contributed by atoms with Crippen LogP contribution in [0.5, 0.6) is 0 Å². The third kappa shape index (κ3) is 3.27. The van der Waals surface area contributed by atoms with E-state index < -0.39 is 0 Å². The lowest BCUT2D eigenvalue weighted by Gasteiger charge is -2.35. The predicted molar refractivity (Wildman–Crippen MR) is 89.0 cm³/mol.